The van der Waals surface area contributed by atoms with Crippen LogP contribution in [-0.2, 0) is 10.4 Å². The Kier molecular flexibility index (Phi) is 4.66. The molecule has 0 spiro atoms. The number of amides is 1. The molecule has 0 heterocycles. The molecule has 4 heteroatoms. The van der Waals surface area contributed by atoms with Gasteiger partial charge in [0.1, 0.15) is 0 Å². The molecule has 2 N–H and O–H groups in total. The van der Waals surface area contributed by atoms with E-state index in [0.29, 0.717) is 16.3 Å². The largest absolute Gasteiger partial charge is 0.385 e. The molecule has 110 valence electrons. The zero-order valence-electron chi connectivity index (χ0n) is 12.1. The topological polar surface area (TPSA) is 49.3 Å². The summed E-state index contributed by atoms with van der Waals surface area (Å²) in [7, 11) is 0. The molecule has 21 heavy (non-hydrogen) atoms. The molecule has 0 saturated carbocycles. The zero-order valence-corrected chi connectivity index (χ0v) is 12.8. The van der Waals surface area contributed by atoms with Crippen molar-refractivity contribution in [2.24, 2.45) is 0 Å². The molecule has 0 aliphatic heterocycles. The second kappa shape index (κ2) is 6.29. The van der Waals surface area contributed by atoms with Gasteiger partial charge in [-0.1, -0.05) is 48.0 Å². The maximum absolute atomic E-state index is 12.2. The minimum Gasteiger partial charge on any atom is -0.385 e. The molecular formula is C17H18ClNO2. The number of halogens is 1. The van der Waals surface area contributed by atoms with Crippen molar-refractivity contribution < 1.29 is 9.90 Å². The van der Waals surface area contributed by atoms with E-state index in [0.717, 1.165) is 5.56 Å². The Bertz CT molecular complexity index is 638. The Morgan fingerprint density at radius 1 is 1.19 bits per heavy atom. The van der Waals surface area contributed by atoms with E-state index in [1.807, 2.05) is 25.1 Å². The first kappa shape index (κ1) is 15.5. The van der Waals surface area contributed by atoms with Gasteiger partial charge < -0.3 is 10.4 Å². The van der Waals surface area contributed by atoms with Gasteiger partial charge in [0.15, 0.2) is 0 Å². The summed E-state index contributed by atoms with van der Waals surface area (Å²) >= 11 is 6.03. The van der Waals surface area contributed by atoms with Crippen molar-refractivity contribution in [3.8, 4) is 0 Å². The fraction of sp³-hybridized carbons (Fsp3) is 0.235. The lowest BCUT2D eigenvalue weighted by molar-refractivity contribution is -0.120. The van der Waals surface area contributed by atoms with Crippen LogP contribution in [-0.4, -0.2) is 11.0 Å². The van der Waals surface area contributed by atoms with Crippen LogP contribution >= 0.6 is 11.6 Å². The van der Waals surface area contributed by atoms with Crippen LogP contribution in [0.3, 0.4) is 0 Å². The first-order valence-corrected chi connectivity index (χ1v) is 7.11. The number of carbonyl (C=O) groups excluding carboxylic acids is 1. The molecule has 3 nitrogen and oxygen atoms in total. The molecule has 2 aromatic rings. The second-order valence-electron chi connectivity index (χ2n) is 5.28. The van der Waals surface area contributed by atoms with Crippen molar-refractivity contribution in [2.45, 2.75) is 25.9 Å². The Balaban J connectivity index is 2.10. The molecule has 0 fully saturated rings. The highest BCUT2D eigenvalue weighted by atomic mass is 35.5. The van der Waals surface area contributed by atoms with Gasteiger partial charge in [0.2, 0.25) is 5.91 Å². The number of carbonyl (C=O) groups is 1. The Labute approximate surface area is 129 Å². The summed E-state index contributed by atoms with van der Waals surface area (Å²) < 4.78 is 0. The van der Waals surface area contributed by atoms with Crippen LogP contribution < -0.4 is 5.32 Å². The number of hydrogen-bond acceptors (Lipinski definition) is 2. The Morgan fingerprint density at radius 3 is 2.52 bits per heavy atom. The van der Waals surface area contributed by atoms with Crippen LogP contribution in [0.2, 0.25) is 5.02 Å². The lowest BCUT2D eigenvalue weighted by Gasteiger charge is -2.23. The maximum atomic E-state index is 12.2. The van der Waals surface area contributed by atoms with Crippen molar-refractivity contribution in [1.29, 1.82) is 0 Å². The van der Waals surface area contributed by atoms with Crippen LogP contribution in [0.15, 0.2) is 48.5 Å². The quantitative estimate of drug-likeness (QED) is 0.900. The number of rotatable bonds is 4. The van der Waals surface area contributed by atoms with Gasteiger partial charge in [0, 0.05) is 10.7 Å². The van der Waals surface area contributed by atoms with Crippen molar-refractivity contribution >= 4 is 23.2 Å². The average molecular weight is 304 g/mol. The molecule has 0 aromatic heterocycles. The number of hydrogen-bond donors (Lipinski definition) is 2. The summed E-state index contributed by atoms with van der Waals surface area (Å²) in [6.07, 6.45) is -0.0248. The second-order valence-corrected chi connectivity index (χ2v) is 5.68. The molecule has 0 bridgehead atoms. The molecule has 0 radical (unpaired) electrons. The third-order valence-electron chi connectivity index (χ3n) is 3.44. The Morgan fingerprint density at radius 2 is 1.86 bits per heavy atom. The molecule has 1 atom stereocenters. The minimum absolute atomic E-state index is 0.0248. The van der Waals surface area contributed by atoms with E-state index in [1.54, 1.807) is 37.3 Å². The van der Waals surface area contributed by atoms with E-state index in [2.05, 4.69) is 5.32 Å². The molecule has 0 aliphatic rings. The van der Waals surface area contributed by atoms with E-state index in [4.69, 9.17) is 11.6 Å². The van der Waals surface area contributed by atoms with Crippen molar-refractivity contribution in [1.82, 2.24) is 0 Å². The van der Waals surface area contributed by atoms with Gasteiger partial charge in [-0.05, 0) is 37.1 Å². The van der Waals surface area contributed by atoms with Gasteiger partial charge in [0.25, 0.3) is 0 Å². The third-order valence-corrected chi connectivity index (χ3v) is 3.85. The van der Waals surface area contributed by atoms with E-state index in [-0.39, 0.29) is 12.3 Å². The molecule has 0 saturated heterocycles. The molecule has 2 rings (SSSR count). The third kappa shape index (κ3) is 3.84. The van der Waals surface area contributed by atoms with E-state index in [9.17, 15) is 9.90 Å². The summed E-state index contributed by atoms with van der Waals surface area (Å²) in [4.78, 5) is 12.2. The van der Waals surface area contributed by atoms with Gasteiger partial charge in [-0.3, -0.25) is 4.79 Å². The predicted molar refractivity (Wildman–Crippen MR) is 85.4 cm³/mol. The summed E-state index contributed by atoms with van der Waals surface area (Å²) in [5.41, 5.74) is 0.976. The zero-order chi connectivity index (χ0) is 15.5. The average Bonchev–Trinajstić information content (AvgIpc) is 2.44. The van der Waals surface area contributed by atoms with Crippen LogP contribution in [0, 0.1) is 6.92 Å². The van der Waals surface area contributed by atoms with Gasteiger partial charge >= 0.3 is 0 Å². The first-order valence-electron chi connectivity index (χ1n) is 6.73. The number of nitrogens with one attached hydrogen (secondary N) is 1. The highest BCUT2D eigenvalue weighted by Gasteiger charge is 2.26. The van der Waals surface area contributed by atoms with Gasteiger partial charge in [0.05, 0.1) is 12.0 Å². The van der Waals surface area contributed by atoms with Crippen LogP contribution in [0.1, 0.15) is 24.5 Å². The predicted octanol–water partition coefficient (Wildman–Crippen LogP) is 3.88. The minimum atomic E-state index is -1.21. The van der Waals surface area contributed by atoms with Crippen molar-refractivity contribution in [2.75, 3.05) is 5.32 Å². The van der Waals surface area contributed by atoms with Gasteiger partial charge in [-0.25, -0.2) is 0 Å². The van der Waals surface area contributed by atoms with E-state index < -0.39 is 5.60 Å². The fourth-order valence-electron chi connectivity index (χ4n) is 2.15. The summed E-state index contributed by atoms with van der Waals surface area (Å²) in [5.74, 6) is -0.255. The summed E-state index contributed by atoms with van der Waals surface area (Å²) in [5, 5.41) is 13.9. The highest BCUT2D eigenvalue weighted by Crippen LogP contribution is 2.26. The van der Waals surface area contributed by atoms with Crippen LogP contribution in [0.5, 0.6) is 0 Å². The number of anilines is 1. The van der Waals surface area contributed by atoms with E-state index in [1.165, 1.54) is 0 Å². The molecular weight excluding hydrogens is 286 g/mol. The van der Waals surface area contributed by atoms with Crippen molar-refractivity contribution in [3.05, 3.63) is 64.7 Å². The lowest BCUT2D eigenvalue weighted by atomic mass is 9.92. The van der Waals surface area contributed by atoms with Crippen LogP contribution in [0.25, 0.3) is 0 Å². The standard InChI is InChI=1S/C17H18ClNO2/c1-12-14(18)9-6-10-15(12)19-16(20)11-17(2,21)13-7-4-3-5-8-13/h3-10,21H,11H2,1-2H3,(H,19,20). The summed E-state index contributed by atoms with van der Waals surface area (Å²) in [6.45, 7) is 3.47. The molecule has 2 aromatic carbocycles. The molecule has 1 unspecified atom stereocenters. The normalized spacial score (nSPS) is 13.5. The fourth-order valence-corrected chi connectivity index (χ4v) is 2.32. The maximum Gasteiger partial charge on any atom is 0.227 e. The number of benzene rings is 2. The highest BCUT2D eigenvalue weighted by molar-refractivity contribution is 6.31. The van der Waals surface area contributed by atoms with E-state index >= 15 is 0 Å². The molecule has 1 amide bonds. The SMILES string of the molecule is Cc1c(Cl)cccc1NC(=O)CC(C)(O)c1ccccc1. The number of aliphatic hydroxyl groups is 1. The van der Waals surface area contributed by atoms with Crippen molar-refractivity contribution in [3.63, 3.8) is 0 Å². The summed E-state index contributed by atoms with van der Waals surface area (Å²) in [6, 6.07) is 14.5. The van der Waals surface area contributed by atoms with Gasteiger partial charge in [-0.2, -0.15) is 0 Å². The smallest absolute Gasteiger partial charge is 0.227 e. The lowest BCUT2D eigenvalue weighted by Crippen LogP contribution is -2.28. The first-order chi connectivity index (χ1) is 9.90. The molecule has 0 aliphatic carbocycles. The Hall–Kier alpha value is -1.84. The monoisotopic (exact) mass is 303 g/mol. The van der Waals surface area contributed by atoms with Crippen LogP contribution in [0.4, 0.5) is 5.69 Å². The van der Waals surface area contributed by atoms with Gasteiger partial charge in [-0.15, -0.1) is 0 Å².